The molecule has 0 radical (unpaired) electrons. The summed E-state index contributed by atoms with van der Waals surface area (Å²) in [5.41, 5.74) is 1.21. The van der Waals surface area contributed by atoms with E-state index in [9.17, 15) is 4.79 Å². The van der Waals surface area contributed by atoms with Gasteiger partial charge in [-0.15, -0.1) is 0 Å². The van der Waals surface area contributed by atoms with E-state index in [1.54, 1.807) is 0 Å². The summed E-state index contributed by atoms with van der Waals surface area (Å²) in [4.78, 5) is 14.3. The monoisotopic (exact) mass is 381 g/mol. The van der Waals surface area contributed by atoms with Crippen LogP contribution < -0.4 is 0 Å². The summed E-state index contributed by atoms with van der Waals surface area (Å²) >= 11 is 0. The molecule has 1 heterocycles. The summed E-state index contributed by atoms with van der Waals surface area (Å²) in [7, 11) is -2.65. The molecule has 1 aromatic rings. The van der Waals surface area contributed by atoms with Gasteiger partial charge in [0, 0.05) is 39.0 Å². The first-order chi connectivity index (χ1) is 12.6. The van der Waals surface area contributed by atoms with Gasteiger partial charge >= 0.3 is 14.8 Å². The zero-order valence-electron chi connectivity index (χ0n) is 16.1. The van der Waals surface area contributed by atoms with Gasteiger partial charge in [0.1, 0.15) is 6.04 Å². The molecule has 1 fully saturated rings. The number of nitrogens with zero attached hydrogens (tertiary/aromatic N) is 1. The summed E-state index contributed by atoms with van der Waals surface area (Å²) in [5.74, 6) is -0.141. The first-order valence-electron chi connectivity index (χ1n) is 9.50. The lowest BCUT2D eigenvalue weighted by molar-refractivity contribution is -0.144. The van der Waals surface area contributed by atoms with Gasteiger partial charge in [0.25, 0.3) is 0 Å². The third kappa shape index (κ3) is 6.48. The van der Waals surface area contributed by atoms with Crippen LogP contribution in [-0.2, 0) is 29.4 Å². The van der Waals surface area contributed by atoms with E-state index in [1.165, 1.54) is 5.56 Å². The Kier molecular flexibility index (Phi) is 8.74. The highest BCUT2D eigenvalue weighted by Crippen LogP contribution is 2.23. The standard InChI is InChI=1S/C19H31NO5Si/c1-4-23-26(24-5-2,25-6-3)14-10-13-22-19(21)18-16-20(18)15-17-11-8-7-9-12-17/h7-9,11-12,18H,4-6,10,13-16H2,1-3H3/t18-,20?/m0/s1. The van der Waals surface area contributed by atoms with Crippen molar-refractivity contribution < 1.29 is 22.8 Å². The van der Waals surface area contributed by atoms with Crippen molar-refractivity contribution in [3.8, 4) is 0 Å². The first kappa shape index (κ1) is 21.1. The fourth-order valence-electron chi connectivity index (χ4n) is 2.95. The lowest BCUT2D eigenvalue weighted by Crippen LogP contribution is -2.46. The topological polar surface area (TPSA) is 57.0 Å². The second kappa shape index (κ2) is 10.8. The molecule has 7 heteroatoms. The van der Waals surface area contributed by atoms with Crippen molar-refractivity contribution in [2.24, 2.45) is 0 Å². The molecule has 2 rings (SSSR count). The average Bonchev–Trinajstić information content (AvgIpc) is 3.39. The van der Waals surface area contributed by atoms with Gasteiger partial charge in [-0.25, -0.2) is 0 Å². The molecule has 1 unspecified atom stereocenters. The van der Waals surface area contributed by atoms with Crippen molar-refractivity contribution in [2.45, 2.75) is 45.8 Å². The Morgan fingerprint density at radius 3 is 2.27 bits per heavy atom. The zero-order valence-corrected chi connectivity index (χ0v) is 17.1. The van der Waals surface area contributed by atoms with Crippen LogP contribution in [0.25, 0.3) is 0 Å². The lowest BCUT2D eigenvalue weighted by atomic mass is 10.2. The van der Waals surface area contributed by atoms with Crippen LogP contribution >= 0.6 is 0 Å². The Hall–Kier alpha value is -1.25. The Bertz CT molecular complexity index is 525. The number of carbonyl (C=O) groups is 1. The van der Waals surface area contributed by atoms with Crippen LogP contribution in [0.5, 0.6) is 0 Å². The maximum Gasteiger partial charge on any atom is 0.501 e. The second-order valence-corrected chi connectivity index (χ2v) is 8.92. The fourth-order valence-corrected chi connectivity index (χ4v) is 5.53. The van der Waals surface area contributed by atoms with Gasteiger partial charge in [-0.2, -0.15) is 0 Å². The quantitative estimate of drug-likeness (QED) is 0.227. The highest BCUT2D eigenvalue weighted by atomic mass is 28.4. The van der Waals surface area contributed by atoms with Crippen LogP contribution in [0, 0.1) is 0 Å². The van der Waals surface area contributed by atoms with E-state index in [1.807, 2.05) is 39.0 Å². The number of hydrogen-bond acceptors (Lipinski definition) is 6. The molecular weight excluding hydrogens is 350 g/mol. The number of hydrogen-bond donors (Lipinski definition) is 0. The molecule has 0 amide bonds. The molecule has 26 heavy (non-hydrogen) atoms. The minimum atomic E-state index is -2.65. The Labute approximate surface area is 157 Å². The zero-order chi connectivity index (χ0) is 18.8. The highest BCUT2D eigenvalue weighted by Gasteiger charge is 2.42. The first-order valence-corrected chi connectivity index (χ1v) is 11.4. The molecule has 1 aromatic carbocycles. The summed E-state index contributed by atoms with van der Waals surface area (Å²) in [6.07, 6.45) is 0.684. The van der Waals surface area contributed by atoms with E-state index >= 15 is 0 Å². The van der Waals surface area contributed by atoms with Crippen LogP contribution in [-0.4, -0.2) is 58.7 Å². The van der Waals surface area contributed by atoms with Gasteiger partial charge in [-0.1, -0.05) is 30.3 Å². The van der Waals surface area contributed by atoms with Crippen molar-refractivity contribution in [1.82, 2.24) is 4.90 Å². The van der Waals surface area contributed by atoms with Crippen molar-refractivity contribution >= 4 is 14.8 Å². The molecule has 146 valence electrons. The Morgan fingerprint density at radius 2 is 1.69 bits per heavy atom. The Balaban J connectivity index is 1.69. The molecule has 0 aromatic heterocycles. The number of benzene rings is 1. The van der Waals surface area contributed by atoms with Gasteiger partial charge in [0.15, 0.2) is 0 Å². The van der Waals surface area contributed by atoms with Crippen molar-refractivity contribution in [3.05, 3.63) is 35.9 Å². The maximum atomic E-state index is 12.2. The molecule has 0 bridgehead atoms. The van der Waals surface area contributed by atoms with Crippen LogP contribution in [0.4, 0.5) is 0 Å². The van der Waals surface area contributed by atoms with Crippen LogP contribution in [0.1, 0.15) is 32.8 Å². The van der Waals surface area contributed by atoms with E-state index in [-0.39, 0.29) is 12.0 Å². The number of ether oxygens (including phenoxy) is 1. The number of rotatable bonds is 13. The average molecular weight is 382 g/mol. The van der Waals surface area contributed by atoms with Gasteiger partial charge in [0.2, 0.25) is 0 Å². The van der Waals surface area contributed by atoms with Crippen LogP contribution in [0.15, 0.2) is 30.3 Å². The van der Waals surface area contributed by atoms with Crippen molar-refractivity contribution in [3.63, 3.8) is 0 Å². The van der Waals surface area contributed by atoms with Crippen molar-refractivity contribution in [1.29, 1.82) is 0 Å². The van der Waals surface area contributed by atoms with Crippen LogP contribution in [0.2, 0.25) is 6.04 Å². The predicted molar refractivity (Wildman–Crippen MR) is 102 cm³/mol. The molecule has 1 aliphatic heterocycles. The molecule has 0 spiro atoms. The van der Waals surface area contributed by atoms with Gasteiger partial charge in [0.05, 0.1) is 6.61 Å². The molecule has 0 aliphatic carbocycles. The minimum Gasteiger partial charge on any atom is -0.464 e. The minimum absolute atomic E-state index is 0.108. The predicted octanol–water partition coefficient (Wildman–Crippen LogP) is 2.85. The maximum absolute atomic E-state index is 12.2. The summed E-state index contributed by atoms with van der Waals surface area (Å²) < 4.78 is 22.9. The summed E-state index contributed by atoms with van der Waals surface area (Å²) in [6, 6.07) is 10.7. The lowest BCUT2D eigenvalue weighted by Gasteiger charge is -2.28. The van der Waals surface area contributed by atoms with E-state index in [4.69, 9.17) is 18.0 Å². The van der Waals surface area contributed by atoms with E-state index in [0.29, 0.717) is 38.9 Å². The fraction of sp³-hybridized carbons (Fsp3) is 0.632. The van der Waals surface area contributed by atoms with Gasteiger partial charge in [-0.05, 0) is 32.8 Å². The molecule has 1 aliphatic rings. The molecule has 1 saturated heterocycles. The molecular formula is C19H31NO5Si. The normalized spacial score (nSPS) is 19.3. The third-order valence-corrected chi connectivity index (χ3v) is 7.33. The van der Waals surface area contributed by atoms with E-state index < -0.39 is 8.80 Å². The highest BCUT2D eigenvalue weighted by molar-refractivity contribution is 6.60. The van der Waals surface area contributed by atoms with Crippen molar-refractivity contribution in [2.75, 3.05) is 33.0 Å². The number of carbonyl (C=O) groups excluding carboxylic acids is 1. The Morgan fingerprint density at radius 1 is 1.08 bits per heavy atom. The van der Waals surface area contributed by atoms with E-state index in [2.05, 4.69) is 17.0 Å². The largest absolute Gasteiger partial charge is 0.501 e. The smallest absolute Gasteiger partial charge is 0.464 e. The van der Waals surface area contributed by atoms with Gasteiger partial charge in [-0.3, -0.25) is 9.69 Å². The summed E-state index contributed by atoms with van der Waals surface area (Å²) in [5, 5.41) is 0. The second-order valence-electron chi connectivity index (χ2n) is 6.18. The van der Waals surface area contributed by atoms with Crippen LogP contribution in [0.3, 0.4) is 0 Å². The van der Waals surface area contributed by atoms with E-state index in [0.717, 1.165) is 13.1 Å². The third-order valence-electron chi connectivity index (χ3n) is 4.18. The molecule has 6 nitrogen and oxygen atoms in total. The summed E-state index contributed by atoms with van der Waals surface area (Å²) in [6.45, 7) is 9.42. The molecule has 2 atom stereocenters. The van der Waals surface area contributed by atoms with Gasteiger partial charge < -0.3 is 18.0 Å². The molecule has 0 N–H and O–H groups in total. The molecule has 0 saturated carbocycles. The SMILES string of the molecule is CCO[Si](CCCOC(=O)[C@@H]1CN1Cc1ccccc1)(OCC)OCC. The number of esters is 1.